The van der Waals surface area contributed by atoms with Gasteiger partial charge in [0.05, 0.1) is 6.04 Å². The Kier molecular flexibility index (Phi) is 4.95. The molecule has 5 N–H and O–H groups in total. The van der Waals surface area contributed by atoms with Gasteiger partial charge in [-0.3, -0.25) is 4.79 Å². The molecular weight excluding hydrogens is 202 g/mol. The van der Waals surface area contributed by atoms with E-state index >= 15 is 0 Å². The molecule has 1 rings (SSSR count). The van der Waals surface area contributed by atoms with Gasteiger partial charge in [-0.05, 0) is 17.5 Å². The smallest absolute Gasteiger partial charge is 0.235 e. The van der Waals surface area contributed by atoms with Crippen LogP contribution in [-0.2, 0) is 17.8 Å². The van der Waals surface area contributed by atoms with Crippen molar-refractivity contribution in [3.05, 3.63) is 35.4 Å². The highest BCUT2D eigenvalue weighted by Crippen LogP contribution is 2.08. The first-order valence-corrected chi connectivity index (χ1v) is 5.47. The largest absolute Gasteiger partial charge is 0.368 e. The average Bonchev–Trinajstić information content (AvgIpc) is 2.29. The van der Waals surface area contributed by atoms with Crippen LogP contribution in [0.1, 0.15) is 18.1 Å². The van der Waals surface area contributed by atoms with Crippen LogP contribution in [0.15, 0.2) is 24.3 Å². The number of hydrogen-bond donors (Lipinski definition) is 3. The van der Waals surface area contributed by atoms with E-state index in [2.05, 4.69) is 24.4 Å². The Bertz CT molecular complexity index is 352. The number of carbonyl (C=O) groups excluding carboxylic acids is 1. The lowest BCUT2D eigenvalue weighted by atomic mass is 10.1. The highest BCUT2D eigenvalue weighted by atomic mass is 16.1. The summed E-state index contributed by atoms with van der Waals surface area (Å²) in [4.78, 5) is 10.7. The normalized spacial score (nSPS) is 12.4. The van der Waals surface area contributed by atoms with E-state index in [-0.39, 0.29) is 0 Å². The molecule has 16 heavy (non-hydrogen) atoms. The zero-order valence-corrected chi connectivity index (χ0v) is 9.57. The number of hydrogen-bond acceptors (Lipinski definition) is 3. The molecule has 88 valence electrons. The van der Waals surface area contributed by atoms with Gasteiger partial charge in [-0.25, -0.2) is 0 Å². The molecule has 0 aromatic heterocycles. The monoisotopic (exact) mass is 221 g/mol. The molecular formula is C12H19N3O. The van der Waals surface area contributed by atoms with Gasteiger partial charge in [0.1, 0.15) is 0 Å². The van der Waals surface area contributed by atoms with Gasteiger partial charge in [0, 0.05) is 13.1 Å². The number of carbonyl (C=O) groups is 1. The van der Waals surface area contributed by atoms with Crippen LogP contribution >= 0.6 is 0 Å². The van der Waals surface area contributed by atoms with Crippen molar-refractivity contribution < 1.29 is 4.79 Å². The lowest BCUT2D eigenvalue weighted by Crippen LogP contribution is -2.44. The van der Waals surface area contributed by atoms with Crippen LogP contribution < -0.4 is 16.8 Å². The van der Waals surface area contributed by atoms with Crippen molar-refractivity contribution in [3.8, 4) is 0 Å². The molecule has 4 heteroatoms. The molecule has 1 atom stereocenters. The molecule has 0 aliphatic rings. The Morgan fingerprint density at radius 3 is 2.56 bits per heavy atom. The predicted molar refractivity (Wildman–Crippen MR) is 64.7 cm³/mol. The maximum absolute atomic E-state index is 10.7. The first kappa shape index (κ1) is 12.7. The van der Waals surface area contributed by atoms with Gasteiger partial charge in [0.2, 0.25) is 5.91 Å². The molecule has 0 aliphatic carbocycles. The van der Waals surface area contributed by atoms with Crippen molar-refractivity contribution in [2.75, 3.05) is 6.54 Å². The first-order chi connectivity index (χ1) is 7.65. The molecule has 0 saturated heterocycles. The van der Waals surface area contributed by atoms with Crippen molar-refractivity contribution in [2.45, 2.75) is 25.9 Å². The molecule has 0 radical (unpaired) electrons. The summed E-state index contributed by atoms with van der Waals surface area (Å²) >= 11 is 0. The number of nitrogens with two attached hydrogens (primary N) is 2. The third-order valence-corrected chi connectivity index (χ3v) is 2.54. The summed E-state index contributed by atoms with van der Waals surface area (Å²) in [6, 6.07) is 7.59. The molecule has 4 nitrogen and oxygen atoms in total. The molecule has 0 saturated carbocycles. The second-order valence-corrected chi connectivity index (χ2v) is 3.76. The minimum atomic E-state index is -0.617. The lowest BCUT2D eigenvalue weighted by Gasteiger charge is -2.11. The predicted octanol–water partition coefficient (Wildman–Crippen LogP) is 0.151. The lowest BCUT2D eigenvalue weighted by molar-refractivity contribution is -0.119. The third kappa shape index (κ3) is 3.64. The number of rotatable bonds is 6. The molecule has 1 aromatic carbocycles. The van der Waals surface area contributed by atoms with E-state index in [0.717, 1.165) is 6.42 Å². The number of nitrogens with one attached hydrogen (secondary N) is 1. The van der Waals surface area contributed by atoms with Crippen LogP contribution in [0.3, 0.4) is 0 Å². The van der Waals surface area contributed by atoms with Crippen LogP contribution in [-0.4, -0.2) is 18.5 Å². The number of aryl methyl sites for hydroxylation is 1. The summed E-state index contributed by atoms with van der Waals surface area (Å²) in [6.45, 7) is 3.24. The molecule has 0 spiro atoms. The molecule has 1 unspecified atom stereocenters. The third-order valence-electron chi connectivity index (χ3n) is 2.54. The Labute approximate surface area is 96.0 Å². The van der Waals surface area contributed by atoms with E-state index in [1.807, 2.05) is 12.1 Å². The minimum Gasteiger partial charge on any atom is -0.368 e. The van der Waals surface area contributed by atoms with Gasteiger partial charge in [0.15, 0.2) is 0 Å². The average molecular weight is 221 g/mol. The molecule has 0 heterocycles. The Morgan fingerprint density at radius 1 is 1.38 bits per heavy atom. The van der Waals surface area contributed by atoms with Gasteiger partial charge in [-0.1, -0.05) is 31.2 Å². The minimum absolute atomic E-state index is 0.410. The summed E-state index contributed by atoms with van der Waals surface area (Å²) in [5.41, 5.74) is 13.1. The highest BCUT2D eigenvalue weighted by Gasteiger charge is 2.08. The number of benzene rings is 1. The summed E-state index contributed by atoms with van der Waals surface area (Å²) in [7, 11) is 0. The number of amides is 1. The second kappa shape index (κ2) is 6.25. The van der Waals surface area contributed by atoms with E-state index in [4.69, 9.17) is 11.5 Å². The highest BCUT2D eigenvalue weighted by molar-refractivity contribution is 5.79. The van der Waals surface area contributed by atoms with Crippen LogP contribution in [0.4, 0.5) is 0 Å². The summed E-state index contributed by atoms with van der Waals surface area (Å²) < 4.78 is 0. The molecule has 1 aromatic rings. The van der Waals surface area contributed by atoms with E-state index in [0.29, 0.717) is 13.1 Å². The van der Waals surface area contributed by atoms with Crippen LogP contribution in [0, 0.1) is 0 Å². The summed E-state index contributed by atoms with van der Waals surface area (Å²) in [5, 5.41) is 3.13. The van der Waals surface area contributed by atoms with Crippen molar-refractivity contribution in [1.29, 1.82) is 0 Å². The second-order valence-electron chi connectivity index (χ2n) is 3.76. The summed E-state index contributed by atoms with van der Waals surface area (Å²) in [6.07, 6.45) is 1.000. The van der Waals surface area contributed by atoms with Gasteiger partial charge >= 0.3 is 0 Å². The van der Waals surface area contributed by atoms with Crippen molar-refractivity contribution in [1.82, 2.24) is 5.32 Å². The van der Waals surface area contributed by atoms with Crippen LogP contribution in [0.5, 0.6) is 0 Å². The Hall–Kier alpha value is -1.39. The quantitative estimate of drug-likeness (QED) is 0.639. The van der Waals surface area contributed by atoms with Gasteiger partial charge in [-0.2, -0.15) is 0 Å². The van der Waals surface area contributed by atoms with Gasteiger partial charge in [0.25, 0.3) is 0 Å². The maximum Gasteiger partial charge on any atom is 0.235 e. The van der Waals surface area contributed by atoms with Crippen molar-refractivity contribution >= 4 is 5.91 Å². The zero-order chi connectivity index (χ0) is 12.0. The topological polar surface area (TPSA) is 81.1 Å². The maximum atomic E-state index is 10.7. The SMILES string of the molecule is CCc1ccccc1CNCC(N)C(N)=O. The van der Waals surface area contributed by atoms with E-state index in [1.165, 1.54) is 11.1 Å². The molecule has 1 amide bonds. The van der Waals surface area contributed by atoms with E-state index in [9.17, 15) is 4.79 Å². The summed E-state index contributed by atoms with van der Waals surface area (Å²) in [5.74, 6) is -0.476. The fourth-order valence-electron chi connectivity index (χ4n) is 1.54. The standard InChI is InChI=1S/C12H19N3O/c1-2-9-5-3-4-6-10(9)7-15-8-11(13)12(14)16/h3-6,11,15H,2,7-8,13H2,1H3,(H2,14,16). The number of primary amides is 1. The molecule has 0 aliphatic heterocycles. The van der Waals surface area contributed by atoms with E-state index < -0.39 is 11.9 Å². The molecule has 0 fully saturated rings. The van der Waals surface area contributed by atoms with E-state index in [1.54, 1.807) is 0 Å². The van der Waals surface area contributed by atoms with Gasteiger partial charge < -0.3 is 16.8 Å². The zero-order valence-electron chi connectivity index (χ0n) is 9.57. The van der Waals surface area contributed by atoms with Crippen molar-refractivity contribution in [2.24, 2.45) is 11.5 Å². The fourth-order valence-corrected chi connectivity index (χ4v) is 1.54. The molecule has 0 bridgehead atoms. The first-order valence-electron chi connectivity index (χ1n) is 5.47. The van der Waals surface area contributed by atoms with Gasteiger partial charge in [-0.15, -0.1) is 0 Å². The fraction of sp³-hybridized carbons (Fsp3) is 0.417. The van der Waals surface area contributed by atoms with Crippen molar-refractivity contribution in [3.63, 3.8) is 0 Å². The van der Waals surface area contributed by atoms with Crippen LogP contribution in [0.2, 0.25) is 0 Å². The van der Waals surface area contributed by atoms with Crippen LogP contribution in [0.25, 0.3) is 0 Å². The Morgan fingerprint density at radius 2 is 2.00 bits per heavy atom. The Balaban J connectivity index is 2.45.